The minimum Gasteiger partial charge on any atom is -0.493 e. The molecule has 0 aliphatic carbocycles. The minimum atomic E-state index is -0.417. The van der Waals surface area contributed by atoms with Crippen LogP contribution in [0.4, 0.5) is 0 Å². The number of carbonyl (C=O) groups is 1. The summed E-state index contributed by atoms with van der Waals surface area (Å²) in [5.41, 5.74) is 5.60. The maximum atomic E-state index is 12.4. The SMILES string of the molecule is C=CCOc1ccc(C(=O)N/N=C/c2cc(Cl)c(OCc3ccc(C)cc3)c(Cl)c2)cc1OC. The maximum Gasteiger partial charge on any atom is 0.271 e. The van der Waals surface area contributed by atoms with Gasteiger partial charge < -0.3 is 14.2 Å². The van der Waals surface area contributed by atoms with Crippen LogP contribution in [0.15, 0.2) is 72.4 Å². The summed E-state index contributed by atoms with van der Waals surface area (Å²) in [5, 5.41) is 4.67. The molecular formula is C26H24Cl2N2O4. The van der Waals surface area contributed by atoms with Gasteiger partial charge in [0.2, 0.25) is 0 Å². The lowest BCUT2D eigenvalue weighted by Gasteiger charge is -2.11. The highest BCUT2D eigenvalue weighted by Gasteiger charge is 2.12. The van der Waals surface area contributed by atoms with E-state index in [9.17, 15) is 4.79 Å². The fourth-order valence-electron chi connectivity index (χ4n) is 2.94. The number of hydrogen-bond donors (Lipinski definition) is 1. The zero-order chi connectivity index (χ0) is 24.5. The number of hydrazone groups is 1. The second kappa shape index (κ2) is 12.1. The normalized spacial score (nSPS) is 10.7. The molecule has 3 rings (SSSR count). The highest BCUT2D eigenvalue weighted by molar-refractivity contribution is 6.37. The van der Waals surface area contributed by atoms with Crippen LogP contribution in [-0.2, 0) is 6.61 Å². The summed E-state index contributed by atoms with van der Waals surface area (Å²) in [6.45, 7) is 6.29. The number of halogens is 2. The molecule has 3 aromatic rings. The molecule has 0 aliphatic heterocycles. The Bertz CT molecular complexity index is 1170. The van der Waals surface area contributed by atoms with E-state index in [1.165, 1.54) is 18.9 Å². The third-order valence-electron chi connectivity index (χ3n) is 4.69. The molecule has 0 heterocycles. The van der Waals surface area contributed by atoms with Gasteiger partial charge in [-0.1, -0.05) is 65.7 Å². The third kappa shape index (κ3) is 6.76. The average Bonchev–Trinajstić information content (AvgIpc) is 2.83. The standard InChI is InChI=1S/C26H24Cl2N2O4/c1-4-11-33-23-10-9-20(14-24(23)32-3)26(31)30-29-15-19-12-21(27)25(22(28)13-19)34-16-18-7-5-17(2)6-8-18/h4-10,12-15H,1,11,16H2,2-3H3,(H,30,31)/b29-15+. The molecule has 6 nitrogen and oxygen atoms in total. The molecule has 0 radical (unpaired) electrons. The smallest absolute Gasteiger partial charge is 0.271 e. The average molecular weight is 499 g/mol. The maximum absolute atomic E-state index is 12.4. The first-order chi connectivity index (χ1) is 16.4. The summed E-state index contributed by atoms with van der Waals surface area (Å²) < 4.78 is 16.6. The Morgan fingerprint density at radius 3 is 2.38 bits per heavy atom. The van der Waals surface area contributed by atoms with Crippen LogP contribution in [0.5, 0.6) is 17.2 Å². The summed E-state index contributed by atoms with van der Waals surface area (Å²) >= 11 is 12.7. The number of aryl methyl sites for hydroxylation is 1. The van der Waals surface area contributed by atoms with Crippen molar-refractivity contribution in [3.05, 3.63) is 99.6 Å². The Balaban J connectivity index is 1.63. The zero-order valence-electron chi connectivity index (χ0n) is 18.8. The molecule has 0 aliphatic rings. The number of nitrogens with zero attached hydrogens (tertiary/aromatic N) is 1. The number of benzene rings is 3. The Morgan fingerprint density at radius 1 is 1.03 bits per heavy atom. The summed E-state index contributed by atoms with van der Waals surface area (Å²) in [5.74, 6) is 0.908. The van der Waals surface area contributed by atoms with Crippen LogP contribution in [0.1, 0.15) is 27.0 Å². The molecule has 0 bridgehead atoms. The highest BCUT2D eigenvalue weighted by atomic mass is 35.5. The van der Waals surface area contributed by atoms with Crippen molar-refractivity contribution in [1.29, 1.82) is 0 Å². The van der Waals surface area contributed by atoms with Crippen LogP contribution >= 0.6 is 23.2 Å². The van der Waals surface area contributed by atoms with Crippen LogP contribution in [-0.4, -0.2) is 25.8 Å². The second-order valence-electron chi connectivity index (χ2n) is 7.25. The molecule has 1 amide bonds. The first kappa shape index (κ1) is 25.1. The van der Waals surface area contributed by atoms with E-state index in [4.69, 9.17) is 37.4 Å². The molecule has 0 saturated carbocycles. The van der Waals surface area contributed by atoms with Crippen molar-refractivity contribution in [2.75, 3.05) is 13.7 Å². The fraction of sp³-hybridized carbons (Fsp3) is 0.154. The van der Waals surface area contributed by atoms with E-state index < -0.39 is 5.91 Å². The summed E-state index contributed by atoms with van der Waals surface area (Å²) in [4.78, 5) is 12.4. The van der Waals surface area contributed by atoms with Crippen LogP contribution in [0.3, 0.4) is 0 Å². The van der Waals surface area contributed by atoms with Crippen LogP contribution < -0.4 is 19.6 Å². The molecule has 0 fully saturated rings. The van der Waals surface area contributed by atoms with Gasteiger partial charge in [0.05, 0.1) is 23.4 Å². The van der Waals surface area contributed by atoms with E-state index in [1.54, 1.807) is 36.4 Å². The molecule has 34 heavy (non-hydrogen) atoms. The first-order valence-electron chi connectivity index (χ1n) is 10.3. The monoisotopic (exact) mass is 498 g/mol. The topological polar surface area (TPSA) is 69.2 Å². The van der Waals surface area contributed by atoms with Gasteiger partial charge in [-0.25, -0.2) is 5.43 Å². The number of methoxy groups -OCH3 is 1. The molecule has 176 valence electrons. The van der Waals surface area contributed by atoms with Gasteiger partial charge in [0, 0.05) is 5.56 Å². The summed E-state index contributed by atoms with van der Waals surface area (Å²) in [7, 11) is 1.50. The number of nitrogens with one attached hydrogen (secondary N) is 1. The molecule has 1 N–H and O–H groups in total. The Labute approximate surface area is 208 Å². The van der Waals surface area contributed by atoms with Crippen molar-refractivity contribution in [3.63, 3.8) is 0 Å². The number of hydrogen-bond acceptors (Lipinski definition) is 5. The Kier molecular flexibility index (Phi) is 8.96. The molecule has 0 saturated heterocycles. The lowest BCUT2D eigenvalue weighted by Crippen LogP contribution is -2.17. The van der Waals surface area contributed by atoms with Crippen LogP contribution in [0, 0.1) is 6.92 Å². The zero-order valence-corrected chi connectivity index (χ0v) is 20.3. The van der Waals surface area contributed by atoms with Gasteiger partial charge in [0.25, 0.3) is 5.91 Å². The minimum absolute atomic E-state index is 0.326. The van der Waals surface area contributed by atoms with Crippen molar-refractivity contribution in [2.24, 2.45) is 5.10 Å². The molecular weight excluding hydrogens is 475 g/mol. The van der Waals surface area contributed by atoms with Crippen LogP contribution in [0.2, 0.25) is 10.0 Å². The molecule has 0 atom stereocenters. The van der Waals surface area contributed by atoms with E-state index in [1.807, 2.05) is 31.2 Å². The van der Waals surface area contributed by atoms with E-state index in [-0.39, 0.29) is 0 Å². The van der Waals surface area contributed by atoms with E-state index in [2.05, 4.69) is 17.1 Å². The lowest BCUT2D eigenvalue weighted by molar-refractivity contribution is 0.0954. The Morgan fingerprint density at radius 2 is 1.74 bits per heavy atom. The van der Waals surface area contributed by atoms with Crippen molar-refractivity contribution in [1.82, 2.24) is 5.43 Å². The number of carbonyl (C=O) groups excluding carboxylic acids is 1. The molecule has 8 heteroatoms. The van der Waals surface area contributed by atoms with E-state index in [0.717, 1.165) is 5.56 Å². The fourth-order valence-corrected chi connectivity index (χ4v) is 3.55. The number of amides is 1. The van der Waals surface area contributed by atoms with E-state index in [0.29, 0.717) is 51.6 Å². The van der Waals surface area contributed by atoms with Crippen molar-refractivity contribution in [2.45, 2.75) is 13.5 Å². The van der Waals surface area contributed by atoms with E-state index >= 15 is 0 Å². The lowest BCUT2D eigenvalue weighted by atomic mass is 10.2. The molecule has 3 aromatic carbocycles. The van der Waals surface area contributed by atoms with Crippen LogP contribution in [0.25, 0.3) is 0 Å². The summed E-state index contributed by atoms with van der Waals surface area (Å²) in [6, 6.07) is 16.1. The van der Waals surface area contributed by atoms with Gasteiger partial charge in [-0.15, -0.1) is 0 Å². The van der Waals surface area contributed by atoms with Gasteiger partial charge >= 0.3 is 0 Å². The number of ether oxygens (including phenoxy) is 3. The second-order valence-corrected chi connectivity index (χ2v) is 8.07. The largest absolute Gasteiger partial charge is 0.493 e. The number of rotatable bonds is 10. The van der Waals surface area contributed by atoms with Gasteiger partial charge in [-0.3, -0.25) is 4.79 Å². The van der Waals surface area contributed by atoms with Crippen molar-refractivity contribution in [3.8, 4) is 17.2 Å². The van der Waals surface area contributed by atoms with Gasteiger partial charge in [-0.2, -0.15) is 5.10 Å². The van der Waals surface area contributed by atoms with Gasteiger partial charge in [0.1, 0.15) is 13.2 Å². The Hall–Kier alpha value is -3.48. The first-order valence-corrected chi connectivity index (χ1v) is 11.1. The highest BCUT2D eigenvalue weighted by Crippen LogP contribution is 2.34. The molecule has 0 spiro atoms. The predicted octanol–water partition coefficient (Wildman–Crippen LogP) is 6.22. The van der Waals surface area contributed by atoms with Gasteiger partial charge in [-0.05, 0) is 48.4 Å². The molecule has 0 aromatic heterocycles. The van der Waals surface area contributed by atoms with Crippen molar-refractivity contribution < 1.29 is 19.0 Å². The third-order valence-corrected chi connectivity index (χ3v) is 5.25. The summed E-state index contributed by atoms with van der Waals surface area (Å²) in [6.07, 6.45) is 3.06. The van der Waals surface area contributed by atoms with Gasteiger partial charge in [0.15, 0.2) is 17.2 Å². The predicted molar refractivity (Wildman–Crippen MR) is 136 cm³/mol. The quantitative estimate of drug-likeness (QED) is 0.204. The molecule has 0 unspecified atom stereocenters. The van der Waals surface area contributed by atoms with Crippen molar-refractivity contribution >= 4 is 35.3 Å².